The number of hydrogen-bond donors (Lipinski definition) is 2. The first kappa shape index (κ1) is 16.9. The highest BCUT2D eigenvalue weighted by molar-refractivity contribution is 4.84. The summed E-state index contributed by atoms with van der Waals surface area (Å²) in [6, 6.07) is 0.433. The number of hydrogen-bond acceptors (Lipinski definition) is 3. The lowest BCUT2D eigenvalue weighted by Crippen LogP contribution is -2.48. The van der Waals surface area contributed by atoms with Crippen molar-refractivity contribution >= 4 is 0 Å². The van der Waals surface area contributed by atoms with Gasteiger partial charge in [-0.05, 0) is 32.7 Å². The number of rotatable bonds is 9. The lowest BCUT2D eigenvalue weighted by atomic mass is 9.94. The van der Waals surface area contributed by atoms with Gasteiger partial charge in [0.1, 0.15) is 0 Å². The normalized spacial score (nSPS) is 17.5. The molecule has 2 unspecified atom stereocenters. The molecule has 3 heteroatoms. The number of nitrogens with zero attached hydrogens (tertiary/aromatic N) is 1. The van der Waals surface area contributed by atoms with Crippen LogP contribution in [0.5, 0.6) is 0 Å². The minimum absolute atomic E-state index is 0.0554. The van der Waals surface area contributed by atoms with E-state index >= 15 is 0 Å². The molecule has 17 heavy (non-hydrogen) atoms. The summed E-state index contributed by atoms with van der Waals surface area (Å²) in [5, 5.41) is 9.23. The highest BCUT2D eigenvalue weighted by Crippen LogP contribution is 2.17. The molecular weight excluding hydrogens is 212 g/mol. The minimum atomic E-state index is -0.458. The quantitative estimate of drug-likeness (QED) is 0.654. The smallest absolute Gasteiger partial charge is 0.0609 e. The fraction of sp³-hybridized carbons (Fsp3) is 1.00. The molecule has 104 valence electrons. The molecule has 3 nitrogen and oxygen atoms in total. The van der Waals surface area contributed by atoms with Crippen LogP contribution in [0.3, 0.4) is 0 Å². The maximum atomic E-state index is 9.23. The third-order valence-electron chi connectivity index (χ3n) is 3.80. The van der Waals surface area contributed by atoms with Crippen molar-refractivity contribution in [2.75, 3.05) is 19.7 Å². The molecule has 2 atom stereocenters. The first-order chi connectivity index (χ1) is 7.90. The number of aliphatic hydroxyl groups excluding tert-OH is 1. The fourth-order valence-corrected chi connectivity index (χ4v) is 2.37. The van der Waals surface area contributed by atoms with Crippen LogP contribution in [0.25, 0.3) is 0 Å². The molecule has 0 aromatic rings. The van der Waals surface area contributed by atoms with Crippen LogP contribution in [-0.2, 0) is 0 Å². The molecular formula is C14H32N2O. The largest absolute Gasteiger partial charge is 0.394 e. The van der Waals surface area contributed by atoms with Crippen LogP contribution in [-0.4, -0.2) is 41.3 Å². The van der Waals surface area contributed by atoms with Crippen molar-refractivity contribution in [3.05, 3.63) is 0 Å². The summed E-state index contributed by atoms with van der Waals surface area (Å²) < 4.78 is 0. The Hall–Kier alpha value is -0.120. The predicted molar refractivity (Wildman–Crippen MR) is 75.1 cm³/mol. The van der Waals surface area contributed by atoms with E-state index in [1.807, 2.05) is 6.92 Å². The molecule has 0 spiro atoms. The van der Waals surface area contributed by atoms with Crippen molar-refractivity contribution in [1.82, 2.24) is 4.90 Å². The first-order valence-electron chi connectivity index (χ1n) is 7.03. The second kappa shape index (κ2) is 8.06. The van der Waals surface area contributed by atoms with E-state index in [1.54, 1.807) is 0 Å². The van der Waals surface area contributed by atoms with Gasteiger partial charge in [-0.1, -0.05) is 33.6 Å². The molecule has 0 aliphatic carbocycles. The van der Waals surface area contributed by atoms with Gasteiger partial charge in [-0.15, -0.1) is 0 Å². The Kier molecular flexibility index (Phi) is 8.01. The molecule has 0 rings (SSSR count). The summed E-state index contributed by atoms with van der Waals surface area (Å²) in [5.41, 5.74) is 5.57. The number of nitrogens with two attached hydrogens (primary N) is 1. The molecule has 0 bridgehead atoms. The van der Waals surface area contributed by atoms with E-state index in [4.69, 9.17) is 5.73 Å². The molecule has 0 aromatic heterocycles. The van der Waals surface area contributed by atoms with Crippen molar-refractivity contribution in [1.29, 1.82) is 0 Å². The second-order valence-electron chi connectivity index (χ2n) is 5.64. The average Bonchev–Trinajstić information content (AvgIpc) is 2.30. The summed E-state index contributed by atoms with van der Waals surface area (Å²) in [6.07, 6.45) is 3.32. The summed E-state index contributed by atoms with van der Waals surface area (Å²) in [4.78, 5) is 2.48. The van der Waals surface area contributed by atoms with Crippen molar-refractivity contribution in [3.8, 4) is 0 Å². The SMILES string of the molecule is CCC(CC)CN(CC)C(C)CC(C)(N)CO. The molecule has 0 heterocycles. The van der Waals surface area contributed by atoms with Crippen LogP contribution < -0.4 is 5.73 Å². The van der Waals surface area contributed by atoms with Gasteiger partial charge in [-0.25, -0.2) is 0 Å². The van der Waals surface area contributed by atoms with E-state index in [0.29, 0.717) is 6.04 Å². The molecule has 3 N–H and O–H groups in total. The van der Waals surface area contributed by atoms with Crippen LogP contribution in [0.15, 0.2) is 0 Å². The Balaban J connectivity index is 4.34. The van der Waals surface area contributed by atoms with Gasteiger partial charge < -0.3 is 15.7 Å². The first-order valence-corrected chi connectivity index (χ1v) is 7.03. The highest BCUT2D eigenvalue weighted by Gasteiger charge is 2.24. The predicted octanol–water partition coefficient (Wildman–Crippen LogP) is 2.23. The second-order valence-corrected chi connectivity index (χ2v) is 5.64. The van der Waals surface area contributed by atoms with E-state index in [0.717, 1.165) is 25.4 Å². The van der Waals surface area contributed by atoms with Gasteiger partial charge >= 0.3 is 0 Å². The van der Waals surface area contributed by atoms with E-state index < -0.39 is 5.54 Å². The fourth-order valence-electron chi connectivity index (χ4n) is 2.37. The third kappa shape index (κ3) is 6.39. The molecule has 0 aliphatic heterocycles. The van der Waals surface area contributed by atoms with Gasteiger partial charge in [0.15, 0.2) is 0 Å². The van der Waals surface area contributed by atoms with Crippen LogP contribution in [0.4, 0.5) is 0 Å². The summed E-state index contributed by atoms with van der Waals surface area (Å²) in [6.45, 7) is 13.1. The summed E-state index contributed by atoms with van der Waals surface area (Å²) in [7, 11) is 0. The van der Waals surface area contributed by atoms with E-state index in [9.17, 15) is 5.11 Å². The Morgan fingerprint density at radius 3 is 2.12 bits per heavy atom. The van der Waals surface area contributed by atoms with Gasteiger partial charge in [0.25, 0.3) is 0 Å². The summed E-state index contributed by atoms with van der Waals surface area (Å²) in [5.74, 6) is 0.774. The lowest BCUT2D eigenvalue weighted by molar-refractivity contribution is 0.125. The molecule has 0 aliphatic rings. The van der Waals surface area contributed by atoms with E-state index in [2.05, 4.69) is 32.6 Å². The maximum Gasteiger partial charge on any atom is 0.0609 e. The van der Waals surface area contributed by atoms with Gasteiger partial charge in [-0.2, -0.15) is 0 Å². The van der Waals surface area contributed by atoms with Crippen molar-refractivity contribution < 1.29 is 5.11 Å². The topological polar surface area (TPSA) is 49.5 Å². The molecule has 0 saturated heterocycles. The van der Waals surface area contributed by atoms with Crippen molar-refractivity contribution in [2.24, 2.45) is 11.7 Å². The van der Waals surface area contributed by atoms with Gasteiger partial charge in [0.05, 0.1) is 6.61 Å². The zero-order valence-corrected chi connectivity index (χ0v) is 12.4. The van der Waals surface area contributed by atoms with Crippen LogP contribution >= 0.6 is 0 Å². The third-order valence-corrected chi connectivity index (χ3v) is 3.80. The van der Waals surface area contributed by atoms with Gasteiger partial charge in [0, 0.05) is 18.1 Å². The zero-order chi connectivity index (χ0) is 13.5. The molecule has 0 radical (unpaired) electrons. The van der Waals surface area contributed by atoms with Crippen molar-refractivity contribution in [3.63, 3.8) is 0 Å². The molecule has 0 fully saturated rings. The monoisotopic (exact) mass is 244 g/mol. The van der Waals surface area contributed by atoms with Gasteiger partial charge in [0.2, 0.25) is 0 Å². The highest BCUT2D eigenvalue weighted by atomic mass is 16.3. The van der Waals surface area contributed by atoms with E-state index in [-0.39, 0.29) is 6.61 Å². The maximum absolute atomic E-state index is 9.23. The Morgan fingerprint density at radius 2 is 1.76 bits per heavy atom. The Bertz CT molecular complexity index is 191. The van der Waals surface area contributed by atoms with E-state index in [1.165, 1.54) is 12.8 Å². The average molecular weight is 244 g/mol. The van der Waals surface area contributed by atoms with Crippen molar-refractivity contribution in [2.45, 2.75) is 65.5 Å². The van der Waals surface area contributed by atoms with Crippen LogP contribution in [0.1, 0.15) is 53.9 Å². The standard InChI is InChI=1S/C14H32N2O/c1-6-13(7-2)10-16(8-3)12(4)9-14(5,15)11-17/h12-13,17H,6-11,15H2,1-5H3. The lowest BCUT2D eigenvalue weighted by Gasteiger charge is -2.35. The molecule has 0 amide bonds. The zero-order valence-electron chi connectivity index (χ0n) is 12.4. The van der Waals surface area contributed by atoms with Crippen LogP contribution in [0.2, 0.25) is 0 Å². The molecule has 0 aromatic carbocycles. The Labute approximate surface area is 107 Å². The summed E-state index contributed by atoms with van der Waals surface area (Å²) >= 11 is 0. The molecule has 0 saturated carbocycles. The Morgan fingerprint density at radius 1 is 1.24 bits per heavy atom. The van der Waals surface area contributed by atoms with Crippen LogP contribution in [0, 0.1) is 5.92 Å². The van der Waals surface area contributed by atoms with Gasteiger partial charge in [-0.3, -0.25) is 0 Å². The minimum Gasteiger partial charge on any atom is -0.394 e. The number of aliphatic hydroxyl groups is 1.